The highest BCUT2D eigenvalue weighted by atomic mass is 79.9. The van der Waals surface area contributed by atoms with Crippen LogP contribution in [0.1, 0.15) is 30.1 Å². The minimum absolute atomic E-state index is 0.00426. The summed E-state index contributed by atoms with van der Waals surface area (Å²) in [7, 11) is 0. The van der Waals surface area contributed by atoms with Crippen molar-refractivity contribution >= 4 is 33.6 Å². The second-order valence-electron chi connectivity index (χ2n) is 4.18. The molecule has 0 saturated carbocycles. The van der Waals surface area contributed by atoms with Crippen LogP contribution in [0.3, 0.4) is 0 Å². The fraction of sp³-hybridized carbons (Fsp3) is 0.500. The Bertz CT molecular complexity index is 503. The van der Waals surface area contributed by atoms with Crippen molar-refractivity contribution in [3.63, 3.8) is 0 Å². The van der Waals surface area contributed by atoms with Crippen LogP contribution < -0.4 is 5.56 Å². The Morgan fingerprint density at radius 2 is 2.44 bits per heavy atom. The molecule has 1 atom stereocenters. The van der Waals surface area contributed by atoms with Gasteiger partial charge >= 0.3 is 0 Å². The number of rotatable bonds is 3. The van der Waals surface area contributed by atoms with Gasteiger partial charge in [-0.15, -0.1) is 11.8 Å². The molecule has 0 bridgehead atoms. The van der Waals surface area contributed by atoms with Crippen molar-refractivity contribution in [2.45, 2.75) is 25.1 Å². The Morgan fingerprint density at radius 1 is 1.67 bits per heavy atom. The topological polar surface area (TPSA) is 53.2 Å². The van der Waals surface area contributed by atoms with Crippen LogP contribution in [0.4, 0.5) is 0 Å². The molecule has 4 nitrogen and oxygen atoms in total. The van der Waals surface area contributed by atoms with Crippen LogP contribution >= 0.6 is 27.7 Å². The lowest BCUT2D eigenvalue weighted by molar-refractivity contribution is 0.0756. The molecule has 18 heavy (non-hydrogen) atoms. The Morgan fingerprint density at radius 3 is 3.11 bits per heavy atom. The van der Waals surface area contributed by atoms with Gasteiger partial charge < -0.3 is 9.88 Å². The van der Waals surface area contributed by atoms with Crippen molar-refractivity contribution in [3.8, 4) is 0 Å². The first-order chi connectivity index (χ1) is 8.63. The fourth-order valence-electron chi connectivity index (χ4n) is 1.98. The lowest BCUT2D eigenvalue weighted by atomic mass is 10.2. The highest BCUT2D eigenvalue weighted by Gasteiger charge is 2.29. The predicted octanol–water partition coefficient (Wildman–Crippen LogP) is 2.45. The number of carbonyl (C=O) groups is 1. The maximum absolute atomic E-state index is 12.4. The summed E-state index contributed by atoms with van der Waals surface area (Å²) in [5.74, 6) is 0.983. The molecule has 1 fully saturated rings. The van der Waals surface area contributed by atoms with Gasteiger partial charge in [0.15, 0.2) is 0 Å². The average Bonchev–Trinajstić information content (AvgIpc) is 2.80. The third kappa shape index (κ3) is 2.80. The van der Waals surface area contributed by atoms with Crippen molar-refractivity contribution in [1.82, 2.24) is 9.88 Å². The molecule has 1 aromatic rings. The van der Waals surface area contributed by atoms with E-state index in [0.29, 0.717) is 10.0 Å². The van der Waals surface area contributed by atoms with Crippen LogP contribution in [-0.4, -0.2) is 33.5 Å². The minimum Gasteiger partial charge on any atom is -0.327 e. The first kappa shape index (κ1) is 13.7. The predicted molar refractivity (Wildman–Crippen MR) is 77.0 cm³/mol. The monoisotopic (exact) mass is 330 g/mol. The molecule has 6 heteroatoms. The van der Waals surface area contributed by atoms with Crippen molar-refractivity contribution in [1.29, 1.82) is 0 Å². The van der Waals surface area contributed by atoms with E-state index >= 15 is 0 Å². The van der Waals surface area contributed by atoms with Crippen LogP contribution in [0.5, 0.6) is 0 Å². The number of aromatic amines is 1. The number of aromatic nitrogens is 1. The summed E-state index contributed by atoms with van der Waals surface area (Å²) in [4.78, 5) is 28.1. The first-order valence-electron chi connectivity index (χ1n) is 5.94. The molecule has 0 spiro atoms. The van der Waals surface area contributed by atoms with Gasteiger partial charge in [0, 0.05) is 18.5 Å². The summed E-state index contributed by atoms with van der Waals surface area (Å²) in [6, 6.07) is 1.59. The lowest BCUT2D eigenvalue weighted by Gasteiger charge is -2.23. The third-order valence-corrected chi connectivity index (χ3v) is 4.77. The molecule has 0 unspecified atom stereocenters. The van der Waals surface area contributed by atoms with Crippen molar-refractivity contribution in [2.75, 3.05) is 12.3 Å². The molecule has 98 valence electrons. The zero-order valence-corrected chi connectivity index (χ0v) is 12.5. The number of H-pyrrole nitrogens is 1. The minimum atomic E-state index is -0.215. The number of nitrogens with one attached hydrogen (secondary N) is 1. The number of hydrogen-bond donors (Lipinski definition) is 1. The van der Waals surface area contributed by atoms with E-state index in [4.69, 9.17) is 0 Å². The zero-order valence-electron chi connectivity index (χ0n) is 10.1. The molecule has 1 amide bonds. The Hall–Kier alpha value is -0.750. The summed E-state index contributed by atoms with van der Waals surface area (Å²) in [5.41, 5.74) is 0.317. The normalized spacial score (nSPS) is 19.2. The van der Waals surface area contributed by atoms with E-state index in [9.17, 15) is 9.59 Å². The van der Waals surface area contributed by atoms with Crippen LogP contribution in [0.25, 0.3) is 0 Å². The number of halogens is 1. The summed E-state index contributed by atoms with van der Waals surface area (Å²) >= 11 is 4.98. The molecule has 1 aliphatic rings. The van der Waals surface area contributed by atoms with Crippen LogP contribution in [0.15, 0.2) is 21.5 Å². The quantitative estimate of drug-likeness (QED) is 0.926. The van der Waals surface area contributed by atoms with Crippen molar-refractivity contribution in [3.05, 3.63) is 32.7 Å². The summed E-state index contributed by atoms with van der Waals surface area (Å²) < 4.78 is 0.396. The SMILES string of the molecule is CCC[C@@H]1SCCN1C(=O)c1c[nH]c(=O)c(Br)c1. The molecule has 0 aromatic carbocycles. The molecule has 1 saturated heterocycles. The Kier molecular flexibility index (Phi) is 4.50. The van der Waals surface area contributed by atoms with E-state index in [1.54, 1.807) is 6.07 Å². The van der Waals surface area contributed by atoms with Gasteiger partial charge in [0.1, 0.15) is 0 Å². The van der Waals surface area contributed by atoms with Gasteiger partial charge in [0.2, 0.25) is 0 Å². The van der Waals surface area contributed by atoms with Gasteiger partial charge in [-0.2, -0.15) is 0 Å². The van der Waals surface area contributed by atoms with E-state index in [2.05, 4.69) is 27.8 Å². The van der Waals surface area contributed by atoms with Gasteiger partial charge in [-0.3, -0.25) is 9.59 Å². The van der Waals surface area contributed by atoms with Gasteiger partial charge in [-0.05, 0) is 28.4 Å². The Labute approximate surface area is 118 Å². The molecule has 2 heterocycles. The third-order valence-electron chi connectivity index (χ3n) is 2.89. The number of carbonyl (C=O) groups excluding carboxylic acids is 1. The molecule has 2 rings (SSSR count). The first-order valence-corrected chi connectivity index (χ1v) is 7.78. The van der Waals surface area contributed by atoms with Crippen LogP contribution in [-0.2, 0) is 0 Å². The molecular formula is C12H15BrN2O2S. The molecule has 0 radical (unpaired) electrons. The molecule has 1 aromatic heterocycles. The highest BCUT2D eigenvalue weighted by Crippen LogP contribution is 2.28. The van der Waals surface area contributed by atoms with Gasteiger partial charge in [0.05, 0.1) is 15.4 Å². The number of pyridine rings is 1. The molecule has 1 aliphatic heterocycles. The molecular weight excluding hydrogens is 316 g/mol. The lowest BCUT2D eigenvalue weighted by Crippen LogP contribution is -2.35. The highest BCUT2D eigenvalue weighted by molar-refractivity contribution is 9.10. The largest absolute Gasteiger partial charge is 0.327 e. The number of hydrogen-bond acceptors (Lipinski definition) is 3. The average molecular weight is 331 g/mol. The number of nitrogens with zero attached hydrogens (tertiary/aromatic N) is 1. The molecule has 0 aliphatic carbocycles. The maximum atomic E-state index is 12.4. The number of thioether (sulfide) groups is 1. The van der Waals surface area contributed by atoms with Gasteiger partial charge in [-0.1, -0.05) is 13.3 Å². The summed E-state index contributed by atoms with van der Waals surface area (Å²) in [6.07, 6.45) is 3.57. The van der Waals surface area contributed by atoms with Gasteiger partial charge in [0.25, 0.3) is 11.5 Å². The standard InChI is InChI=1S/C12H15BrN2O2S/c1-2-3-10-15(4-5-18-10)12(17)8-6-9(13)11(16)14-7-8/h6-7,10H,2-5H2,1H3,(H,14,16)/t10-/m0/s1. The number of amides is 1. The smallest absolute Gasteiger partial charge is 0.262 e. The van der Waals surface area contributed by atoms with E-state index in [-0.39, 0.29) is 16.8 Å². The second-order valence-corrected chi connectivity index (χ2v) is 6.32. The van der Waals surface area contributed by atoms with Crippen molar-refractivity contribution in [2.24, 2.45) is 0 Å². The molecule has 1 N–H and O–H groups in total. The van der Waals surface area contributed by atoms with Crippen molar-refractivity contribution < 1.29 is 4.79 Å². The Balaban J connectivity index is 2.19. The van der Waals surface area contributed by atoms with Crippen LogP contribution in [0.2, 0.25) is 0 Å². The second kappa shape index (κ2) is 5.93. The summed E-state index contributed by atoms with van der Waals surface area (Å²) in [5, 5.41) is 0.271. The van der Waals surface area contributed by atoms with Crippen LogP contribution in [0, 0.1) is 0 Å². The zero-order chi connectivity index (χ0) is 13.1. The summed E-state index contributed by atoms with van der Waals surface area (Å²) in [6.45, 7) is 2.91. The fourth-order valence-corrected chi connectivity index (χ4v) is 3.70. The maximum Gasteiger partial charge on any atom is 0.262 e. The van der Waals surface area contributed by atoms with E-state index < -0.39 is 0 Å². The van der Waals surface area contributed by atoms with Gasteiger partial charge in [-0.25, -0.2) is 0 Å². The van der Waals surface area contributed by atoms with E-state index in [1.807, 2.05) is 16.7 Å². The van der Waals surface area contributed by atoms with E-state index in [1.165, 1.54) is 6.20 Å². The van der Waals surface area contributed by atoms with E-state index in [0.717, 1.165) is 25.1 Å².